The van der Waals surface area contributed by atoms with Crippen LogP contribution in [-0.4, -0.2) is 26.2 Å². The zero-order valence-electron chi connectivity index (χ0n) is 16.4. The van der Waals surface area contributed by atoms with Crippen LogP contribution in [0.15, 0.2) is 52.6 Å². The van der Waals surface area contributed by atoms with Gasteiger partial charge in [-0.1, -0.05) is 37.7 Å². The van der Waals surface area contributed by atoms with Gasteiger partial charge >= 0.3 is 0 Å². The minimum Gasteiger partial charge on any atom is -0.396 e. The first-order valence-electron chi connectivity index (χ1n) is 9.33. The third kappa shape index (κ3) is 4.79. The van der Waals surface area contributed by atoms with Gasteiger partial charge in [-0.2, -0.15) is 0 Å². The fraction of sp³-hybridized carbons (Fsp3) is 0.364. The van der Waals surface area contributed by atoms with Crippen molar-refractivity contribution in [2.75, 3.05) is 6.61 Å². The second kappa shape index (κ2) is 8.72. The van der Waals surface area contributed by atoms with Crippen LogP contribution in [0.25, 0.3) is 0 Å². The van der Waals surface area contributed by atoms with Crippen molar-refractivity contribution in [2.24, 2.45) is 0 Å². The molecule has 2 heterocycles. The van der Waals surface area contributed by atoms with Crippen LogP contribution >= 0.6 is 11.8 Å². The van der Waals surface area contributed by atoms with Gasteiger partial charge < -0.3 is 9.67 Å². The summed E-state index contributed by atoms with van der Waals surface area (Å²) < 4.78 is 2.24. The molecule has 0 saturated carbocycles. The van der Waals surface area contributed by atoms with Crippen LogP contribution in [-0.2, 0) is 13.0 Å². The lowest BCUT2D eigenvalue weighted by Gasteiger charge is -2.14. The van der Waals surface area contributed by atoms with Gasteiger partial charge in [-0.3, -0.25) is 4.98 Å². The first-order chi connectivity index (χ1) is 13.0. The van der Waals surface area contributed by atoms with Crippen LogP contribution in [0.1, 0.15) is 48.0 Å². The van der Waals surface area contributed by atoms with E-state index in [1.165, 1.54) is 16.0 Å². The summed E-state index contributed by atoms with van der Waals surface area (Å²) in [4.78, 5) is 10.4. The Morgan fingerprint density at radius 2 is 1.89 bits per heavy atom. The molecule has 1 N–H and O–H groups in total. The number of hydrogen-bond donors (Lipinski definition) is 1. The predicted molar refractivity (Wildman–Crippen MR) is 110 cm³/mol. The minimum absolute atomic E-state index is 0.0925. The molecule has 0 aliphatic rings. The quantitative estimate of drug-likeness (QED) is 0.641. The molecule has 27 heavy (non-hydrogen) atoms. The predicted octanol–water partition coefficient (Wildman–Crippen LogP) is 4.75. The first-order valence-corrected chi connectivity index (χ1v) is 10.1. The molecule has 142 valence electrons. The number of benzene rings is 1. The molecule has 3 aromatic rings. The van der Waals surface area contributed by atoms with E-state index in [0.29, 0.717) is 18.9 Å². The number of pyridine rings is 1. The zero-order valence-corrected chi connectivity index (χ0v) is 17.3. The number of hydrogen-bond acceptors (Lipinski definition) is 4. The molecule has 0 bridgehead atoms. The van der Waals surface area contributed by atoms with Crippen LogP contribution in [0.5, 0.6) is 0 Å². The van der Waals surface area contributed by atoms with E-state index in [2.05, 4.69) is 61.5 Å². The topological polar surface area (TPSA) is 50.9 Å². The van der Waals surface area contributed by atoms with Gasteiger partial charge in [-0.15, -0.1) is 0 Å². The smallest absolute Gasteiger partial charge is 0.112 e. The number of aromatic nitrogens is 3. The minimum atomic E-state index is 0.0925. The summed E-state index contributed by atoms with van der Waals surface area (Å²) in [5.74, 6) is 1.24. The molecule has 5 heteroatoms. The van der Waals surface area contributed by atoms with E-state index in [9.17, 15) is 5.11 Å². The highest BCUT2D eigenvalue weighted by atomic mass is 32.2. The molecule has 0 aliphatic heterocycles. The van der Waals surface area contributed by atoms with Gasteiger partial charge in [0.1, 0.15) is 10.9 Å². The van der Waals surface area contributed by atoms with Crippen molar-refractivity contribution in [3.05, 3.63) is 70.9 Å². The van der Waals surface area contributed by atoms with E-state index >= 15 is 0 Å². The third-order valence-corrected chi connectivity index (χ3v) is 5.48. The molecule has 4 nitrogen and oxygen atoms in total. The number of rotatable bonds is 7. The van der Waals surface area contributed by atoms with E-state index in [4.69, 9.17) is 4.98 Å². The summed E-state index contributed by atoms with van der Waals surface area (Å²) in [7, 11) is 0. The Bertz CT molecular complexity index is 883. The second-order valence-electron chi connectivity index (χ2n) is 7.22. The van der Waals surface area contributed by atoms with Crippen molar-refractivity contribution >= 4 is 11.8 Å². The van der Waals surface area contributed by atoms with Crippen molar-refractivity contribution < 1.29 is 5.11 Å². The maximum absolute atomic E-state index is 9.54. The number of aliphatic hydroxyl groups is 1. The number of aliphatic hydroxyl groups excluding tert-OH is 1. The highest BCUT2D eigenvalue weighted by molar-refractivity contribution is 7.99. The van der Waals surface area contributed by atoms with Crippen LogP contribution in [0.3, 0.4) is 0 Å². The van der Waals surface area contributed by atoms with E-state index in [1.807, 2.05) is 12.3 Å². The summed E-state index contributed by atoms with van der Waals surface area (Å²) >= 11 is 1.76. The van der Waals surface area contributed by atoms with Gasteiger partial charge in [0.25, 0.3) is 0 Å². The van der Waals surface area contributed by atoms with E-state index in [0.717, 1.165) is 22.1 Å². The zero-order chi connectivity index (χ0) is 19.4. The van der Waals surface area contributed by atoms with Gasteiger partial charge in [-0.25, -0.2) is 4.98 Å². The Labute approximate surface area is 165 Å². The summed E-state index contributed by atoms with van der Waals surface area (Å²) in [6, 6.07) is 10.7. The summed E-state index contributed by atoms with van der Waals surface area (Å²) in [6.07, 6.45) is 4.23. The molecule has 1 aromatic carbocycles. The normalized spacial score (nSPS) is 11.3. The molecule has 3 rings (SSSR count). The molecular weight excluding hydrogens is 354 g/mol. The molecule has 0 amide bonds. The Morgan fingerprint density at radius 3 is 2.48 bits per heavy atom. The van der Waals surface area contributed by atoms with Gasteiger partial charge in [0.15, 0.2) is 0 Å². The number of nitrogens with zero attached hydrogens (tertiary/aromatic N) is 3. The van der Waals surface area contributed by atoms with Crippen molar-refractivity contribution in [1.29, 1.82) is 0 Å². The lowest BCUT2D eigenvalue weighted by molar-refractivity contribution is 0.294. The average Bonchev–Trinajstić information content (AvgIpc) is 2.93. The van der Waals surface area contributed by atoms with Crippen molar-refractivity contribution in [1.82, 2.24) is 14.5 Å². The monoisotopic (exact) mass is 381 g/mol. The van der Waals surface area contributed by atoms with E-state index < -0.39 is 0 Å². The van der Waals surface area contributed by atoms with Crippen LogP contribution in [0, 0.1) is 13.8 Å². The maximum Gasteiger partial charge on any atom is 0.112 e. The highest BCUT2D eigenvalue weighted by Gasteiger charge is 2.20. The summed E-state index contributed by atoms with van der Waals surface area (Å²) in [6.45, 7) is 9.40. The van der Waals surface area contributed by atoms with Crippen LogP contribution < -0.4 is 0 Å². The van der Waals surface area contributed by atoms with Crippen molar-refractivity contribution in [2.45, 2.75) is 56.5 Å². The molecule has 0 radical (unpaired) electrons. The second-order valence-corrected chi connectivity index (χ2v) is 8.28. The largest absolute Gasteiger partial charge is 0.396 e. The third-order valence-electron chi connectivity index (χ3n) is 4.38. The Hall–Kier alpha value is -2.11. The highest BCUT2D eigenvalue weighted by Crippen LogP contribution is 2.36. The van der Waals surface area contributed by atoms with E-state index in [1.54, 1.807) is 18.0 Å². The fourth-order valence-electron chi connectivity index (χ4n) is 3.22. The first kappa shape index (κ1) is 19.6. The SMILES string of the molecule is Cc1cc(C)cc(Sc2c(C(C)C)nc(CCO)n2Cc2cccnc2)c1. The standard InChI is InChI=1S/C22H27N3OS/c1-15(2)21-22(27-19-11-16(3)10-17(4)12-19)25(20(24-21)7-9-26)14-18-6-5-8-23-13-18/h5-6,8,10-13,15,26H,7,9,14H2,1-4H3. The van der Waals surface area contributed by atoms with Gasteiger partial charge in [0, 0.05) is 23.7 Å². The molecule has 0 aliphatic carbocycles. The van der Waals surface area contributed by atoms with Crippen LogP contribution in [0.2, 0.25) is 0 Å². The molecule has 0 unspecified atom stereocenters. The Kier molecular flexibility index (Phi) is 6.34. The van der Waals surface area contributed by atoms with Crippen molar-refractivity contribution in [3.63, 3.8) is 0 Å². The van der Waals surface area contributed by atoms with Gasteiger partial charge in [-0.05, 0) is 54.7 Å². The number of imidazole rings is 1. The summed E-state index contributed by atoms with van der Waals surface area (Å²) in [5, 5.41) is 10.7. The van der Waals surface area contributed by atoms with Gasteiger partial charge in [0.05, 0.1) is 18.8 Å². The number of aryl methyl sites for hydroxylation is 2. The molecule has 0 spiro atoms. The summed E-state index contributed by atoms with van der Waals surface area (Å²) in [5.41, 5.74) is 4.74. The molecule has 0 fully saturated rings. The van der Waals surface area contributed by atoms with E-state index in [-0.39, 0.29) is 6.61 Å². The average molecular weight is 382 g/mol. The van der Waals surface area contributed by atoms with Gasteiger partial charge in [0.2, 0.25) is 0 Å². The lowest BCUT2D eigenvalue weighted by atomic mass is 10.1. The molecule has 0 saturated heterocycles. The lowest BCUT2D eigenvalue weighted by Crippen LogP contribution is -2.08. The Balaban J connectivity index is 2.08. The molecule has 0 atom stereocenters. The maximum atomic E-state index is 9.54. The Morgan fingerprint density at radius 1 is 1.15 bits per heavy atom. The molecule has 2 aromatic heterocycles. The molecular formula is C22H27N3OS. The van der Waals surface area contributed by atoms with Crippen LogP contribution in [0.4, 0.5) is 0 Å². The van der Waals surface area contributed by atoms with Crippen molar-refractivity contribution in [3.8, 4) is 0 Å². The fourth-order valence-corrected chi connectivity index (χ4v) is 4.60.